The fraction of sp³-hybridized carbons (Fsp3) is 0.400. The number of hydroxylamine groups is 1. The van der Waals surface area contributed by atoms with Crippen LogP contribution in [0.15, 0.2) is 30.3 Å². The number of hydrogen-bond donors (Lipinski definition) is 0. The smallest absolute Gasteiger partial charge is 0.233 e. The van der Waals surface area contributed by atoms with Gasteiger partial charge in [0.2, 0.25) is 10.0 Å². The summed E-state index contributed by atoms with van der Waals surface area (Å²) >= 11 is 0. The van der Waals surface area contributed by atoms with Crippen LogP contribution in [0.1, 0.15) is 18.0 Å². The normalized spacial score (nSPS) is 23.1. The lowest BCUT2D eigenvalue weighted by atomic mass is 10.1. The quantitative estimate of drug-likeness (QED) is 0.765. The zero-order chi connectivity index (χ0) is 10.9. The number of benzene rings is 1. The third-order valence-corrected chi connectivity index (χ3v) is 3.39. The summed E-state index contributed by atoms with van der Waals surface area (Å²) in [6, 6.07) is 9.35. The van der Waals surface area contributed by atoms with Gasteiger partial charge in [-0.05, 0) is 12.0 Å². The van der Waals surface area contributed by atoms with Crippen LogP contribution in [0.3, 0.4) is 0 Å². The second kappa shape index (κ2) is 3.92. The van der Waals surface area contributed by atoms with Crippen LogP contribution in [0.2, 0.25) is 0 Å². The van der Waals surface area contributed by atoms with Crippen molar-refractivity contribution in [3.05, 3.63) is 35.9 Å². The minimum absolute atomic E-state index is 0.179. The van der Waals surface area contributed by atoms with E-state index in [2.05, 4.69) is 0 Å². The lowest BCUT2D eigenvalue weighted by Gasteiger charge is -2.19. The maximum absolute atomic E-state index is 11.4. The third kappa shape index (κ3) is 2.19. The van der Waals surface area contributed by atoms with Gasteiger partial charge in [0.25, 0.3) is 0 Å². The van der Waals surface area contributed by atoms with E-state index < -0.39 is 10.0 Å². The average Bonchev–Trinajstić information content (AvgIpc) is 2.67. The van der Waals surface area contributed by atoms with Crippen LogP contribution in [-0.4, -0.2) is 25.7 Å². The predicted molar refractivity (Wildman–Crippen MR) is 56.4 cm³/mol. The van der Waals surface area contributed by atoms with Crippen LogP contribution < -0.4 is 0 Å². The standard InChI is InChI=1S/C10H13NO3S/c1-15(12,13)11-10(7-8-14-11)9-5-3-2-4-6-9/h2-6,10H,7-8H2,1H3. The molecule has 15 heavy (non-hydrogen) atoms. The Kier molecular flexibility index (Phi) is 2.77. The number of rotatable bonds is 2. The SMILES string of the molecule is CS(=O)(=O)N1OCCC1c1ccccc1. The third-order valence-electron chi connectivity index (χ3n) is 2.38. The Hall–Kier alpha value is -0.910. The Labute approximate surface area is 89.5 Å². The first-order valence-electron chi connectivity index (χ1n) is 4.76. The van der Waals surface area contributed by atoms with Crippen molar-refractivity contribution in [1.82, 2.24) is 4.47 Å². The van der Waals surface area contributed by atoms with E-state index in [4.69, 9.17) is 4.84 Å². The molecule has 1 aromatic rings. The van der Waals surface area contributed by atoms with E-state index in [-0.39, 0.29) is 6.04 Å². The largest absolute Gasteiger partial charge is 0.284 e. The van der Waals surface area contributed by atoms with Crippen LogP contribution in [0, 0.1) is 0 Å². The van der Waals surface area contributed by atoms with E-state index in [1.807, 2.05) is 30.3 Å². The Bertz CT molecular complexity index is 429. The van der Waals surface area contributed by atoms with Gasteiger partial charge in [-0.1, -0.05) is 34.8 Å². The first kappa shape index (κ1) is 10.6. The van der Waals surface area contributed by atoms with Gasteiger partial charge in [-0.25, -0.2) is 8.42 Å². The van der Waals surface area contributed by atoms with Crippen LogP contribution in [0.25, 0.3) is 0 Å². The second-order valence-corrected chi connectivity index (χ2v) is 5.39. The Morgan fingerprint density at radius 3 is 2.60 bits per heavy atom. The lowest BCUT2D eigenvalue weighted by Crippen LogP contribution is -2.28. The molecule has 0 radical (unpaired) electrons. The van der Waals surface area contributed by atoms with Gasteiger partial charge in [-0.2, -0.15) is 0 Å². The van der Waals surface area contributed by atoms with Crippen LogP contribution in [0.4, 0.5) is 0 Å². The Morgan fingerprint density at radius 1 is 1.33 bits per heavy atom. The number of hydrogen-bond acceptors (Lipinski definition) is 3. The van der Waals surface area contributed by atoms with E-state index in [1.54, 1.807) is 0 Å². The zero-order valence-corrected chi connectivity index (χ0v) is 9.28. The minimum atomic E-state index is -3.29. The first-order chi connectivity index (χ1) is 7.09. The first-order valence-corrected chi connectivity index (χ1v) is 6.61. The van der Waals surface area contributed by atoms with Gasteiger partial charge in [0.05, 0.1) is 18.9 Å². The molecule has 0 amide bonds. The summed E-state index contributed by atoms with van der Waals surface area (Å²) in [6.45, 7) is 0.451. The van der Waals surface area contributed by atoms with Crippen molar-refractivity contribution < 1.29 is 13.3 Å². The van der Waals surface area contributed by atoms with Crippen molar-refractivity contribution in [3.8, 4) is 0 Å². The zero-order valence-electron chi connectivity index (χ0n) is 8.46. The summed E-state index contributed by atoms with van der Waals surface area (Å²) in [5.41, 5.74) is 0.973. The lowest BCUT2D eigenvalue weighted by molar-refractivity contribution is -0.0492. The monoisotopic (exact) mass is 227 g/mol. The number of nitrogens with zero attached hydrogens (tertiary/aromatic N) is 1. The van der Waals surface area contributed by atoms with Crippen molar-refractivity contribution in [2.45, 2.75) is 12.5 Å². The van der Waals surface area contributed by atoms with E-state index in [0.29, 0.717) is 13.0 Å². The molecule has 0 aromatic heterocycles. The molecule has 1 saturated heterocycles. The van der Waals surface area contributed by atoms with Crippen molar-refractivity contribution in [2.24, 2.45) is 0 Å². The summed E-state index contributed by atoms with van der Waals surface area (Å²) in [4.78, 5) is 5.13. The molecule has 1 aromatic carbocycles. The Balaban J connectivity index is 2.30. The van der Waals surface area contributed by atoms with Crippen LogP contribution >= 0.6 is 0 Å². The van der Waals surface area contributed by atoms with Crippen LogP contribution in [0.5, 0.6) is 0 Å². The molecule has 1 unspecified atom stereocenters. The fourth-order valence-corrected chi connectivity index (χ4v) is 2.70. The summed E-state index contributed by atoms with van der Waals surface area (Å²) < 4.78 is 23.9. The molecular formula is C10H13NO3S. The van der Waals surface area contributed by atoms with Gasteiger partial charge in [-0.15, -0.1) is 0 Å². The van der Waals surface area contributed by atoms with Crippen LogP contribution in [-0.2, 0) is 14.9 Å². The second-order valence-electron chi connectivity index (χ2n) is 3.57. The molecule has 4 nitrogen and oxygen atoms in total. The molecule has 1 fully saturated rings. The molecule has 0 saturated carbocycles. The van der Waals surface area contributed by atoms with Crippen molar-refractivity contribution in [3.63, 3.8) is 0 Å². The van der Waals surface area contributed by atoms with Crippen molar-refractivity contribution in [1.29, 1.82) is 0 Å². The fourth-order valence-electron chi connectivity index (χ4n) is 1.74. The molecule has 5 heteroatoms. The molecule has 1 heterocycles. The highest BCUT2D eigenvalue weighted by Gasteiger charge is 2.33. The molecule has 0 bridgehead atoms. The molecule has 0 aliphatic carbocycles. The van der Waals surface area contributed by atoms with E-state index in [9.17, 15) is 8.42 Å². The topological polar surface area (TPSA) is 46.6 Å². The van der Waals surface area contributed by atoms with Gasteiger partial charge < -0.3 is 0 Å². The van der Waals surface area contributed by atoms with E-state index >= 15 is 0 Å². The van der Waals surface area contributed by atoms with Gasteiger partial charge in [-0.3, -0.25) is 4.84 Å². The summed E-state index contributed by atoms with van der Waals surface area (Å²) in [5, 5.41) is 0. The van der Waals surface area contributed by atoms with E-state index in [0.717, 1.165) is 16.3 Å². The molecule has 0 spiro atoms. The maximum atomic E-state index is 11.4. The molecule has 1 aliphatic heterocycles. The van der Waals surface area contributed by atoms with Gasteiger partial charge >= 0.3 is 0 Å². The summed E-state index contributed by atoms with van der Waals surface area (Å²) in [7, 11) is -3.29. The highest BCUT2D eigenvalue weighted by atomic mass is 32.2. The summed E-state index contributed by atoms with van der Waals surface area (Å²) in [6.07, 6.45) is 1.87. The van der Waals surface area contributed by atoms with Crippen molar-refractivity contribution in [2.75, 3.05) is 12.9 Å². The predicted octanol–water partition coefficient (Wildman–Crippen LogP) is 1.32. The molecule has 2 rings (SSSR count). The Morgan fingerprint density at radius 2 is 2.00 bits per heavy atom. The molecule has 1 aliphatic rings. The number of sulfonamides is 1. The molecule has 82 valence electrons. The van der Waals surface area contributed by atoms with Gasteiger partial charge in [0, 0.05) is 0 Å². The average molecular weight is 227 g/mol. The van der Waals surface area contributed by atoms with Gasteiger partial charge in [0.15, 0.2) is 0 Å². The molecular weight excluding hydrogens is 214 g/mol. The molecule has 0 N–H and O–H groups in total. The highest BCUT2D eigenvalue weighted by molar-refractivity contribution is 7.88. The maximum Gasteiger partial charge on any atom is 0.233 e. The van der Waals surface area contributed by atoms with Gasteiger partial charge in [0.1, 0.15) is 0 Å². The highest BCUT2D eigenvalue weighted by Crippen LogP contribution is 2.31. The van der Waals surface area contributed by atoms with Crippen molar-refractivity contribution >= 4 is 10.0 Å². The molecule has 1 atom stereocenters. The minimum Gasteiger partial charge on any atom is -0.284 e. The summed E-state index contributed by atoms with van der Waals surface area (Å²) in [5.74, 6) is 0. The van der Waals surface area contributed by atoms with E-state index in [1.165, 1.54) is 0 Å².